The second-order valence-electron chi connectivity index (χ2n) is 7.29. The molecule has 0 bridgehead atoms. The van der Waals surface area contributed by atoms with E-state index in [-0.39, 0.29) is 0 Å². The summed E-state index contributed by atoms with van der Waals surface area (Å²) >= 11 is 0. The molecular weight excluding hydrogens is 354 g/mol. The van der Waals surface area contributed by atoms with Gasteiger partial charge in [0.25, 0.3) is 5.60 Å². The number of alkyl halides is 6. The van der Waals surface area contributed by atoms with Gasteiger partial charge < -0.3 is 9.84 Å². The molecule has 0 aromatic rings. The Hall–Kier alpha value is -0.990. The molecule has 0 radical (unpaired) electrons. The molecule has 1 aliphatic carbocycles. The standard InChI is InChI=1S/C16H24F6O3/c1-4-13(2,3)12(23)25-11(10-7-5-6-8-10)9-14(24,15(17,18)19)16(20,21)22/h10-11,24H,4-9H2,1-3H3. The van der Waals surface area contributed by atoms with Gasteiger partial charge in [0, 0.05) is 6.42 Å². The summed E-state index contributed by atoms with van der Waals surface area (Å²) in [4.78, 5) is 12.2. The van der Waals surface area contributed by atoms with Crippen LogP contribution in [0.15, 0.2) is 0 Å². The Bertz CT molecular complexity index is 449. The zero-order chi connectivity index (χ0) is 19.7. The number of aliphatic hydroxyl groups is 1. The van der Waals surface area contributed by atoms with Crippen molar-refractivity contribution >= 4 is 5.97 Å². The molecule has 0 aromatic heterocycles. The van der Waals surface area contributed by atoms with Crippen LogP contribution in [-0.4, -0.2) is 35.1 Å². The number of hydrogen-bond donors (Lipinski definition) is 1. The maximum atomic E-state index is 13.0. The zero-order valence-electron chi connectivity index (χ0n) is 14.4. The Morgan fingerprint density at radius 3 is 1.88 bits per heavy atom. The highest BCUT2D eigenvalue weighted by Crippen LogP contribution is 2.48. The second-order valence-corrected chi connectivity index (χ2v) is 7.29. The number of ether oxygens (including phenoxy) is 1. The molecule has 1 saturated carbocycles. The van der Waals surface area contributed by atoms with E-state index in [0.29, 0.717) is 32.1 Å². The van der Waals surface area contributed by atoms with E-state index in [1.807, 2.05) is 0 Å². The first kappa shape index (κ1) is 22.1. The molecule has 1 atom stereocenters. The molecule has 3 nitrogen and oxygen atoms in total. The number of halogens is 6. The third-order valence-corrected chi connectivity index (χ3v) is 5.06. The summed E-state index contributed by atoms with van der Waals surface area (Å²) in [7, 11) is 0. The number of hydrogen-bond acceptors (Lipinski definition) is 3. The second kappa shape index (κ2) is 7.32. The quantitative estimate of drug-likeness (QED) is 0.535. The third kappa shape index (κ3) is 4.80. The molecule has 25 heavy (non-hydrogen) atoms. The maximum absolute atomic E-state index is 13.0. The van der Waals surface area contributed by atoms with Gasteiger partial charge in [-0.15, -0.1) is 0 Å². The van der Waals surface area contributed by atoms with Gasteiger partial charge in [-0.3, -0.25) is 4.79 Å². The zero-order valence-corrected chi connectivity index (χ0v) is 14.4. The van der Waals surface area contributed by atoms with Crippen LogP contribution in [0, 0.1) is 11.3 Å². The van der Waals surface area contributed by atoms with Crippen molar-refractivity contribution in [3.63, 3.8) is 0 Å². The summed E-state index contributed by atoms with van der Waals surface area (Å²) in [5, 5.41) is 9.45. The lowest BCUT2D eigenvalue weighted by Gasteiger charge is -2.37. The summed E-state index contributed by atoms with van der Waals surface area (Å²) in [6.45, 7) is 4.66. The van der Waals surface area contributed by atoms with E-state index in [4.69, 9.17) is 4.74 Å². The van der Waals surface area contributed by atoms with Crippen LogP contribution in [0.25, 0.3) is 0 Å². The predicted octanol–water partition coefficient (Wildman–Crippen LogP) is 4.77. The highest BCUT2D eigenvalue weighted by Gasteiger charge is 2.71. The minimum absolute atomic E-state index is 0.312. The Labute approximate surface area is 142 Å². The number of esters is 1. The molecule has 0 aliphatic heterocycles. The largest absolute Gasteiger partial charge is 0.462 e. The summed E-state index contributed by atoms with van der Waals surface area (Å²) in [6.07, 6.45) is -12.9. The molecule has 0 amide bonds. The van der Waals surface area contributed by atoms with Gasteiger partial charge in [0.05, 0.1) is 5.41 Å². The van der Waals surface area contributed by atoms with Gasteiger partial charge >= 0.3 is 18.3 Å². The van der Waals surface area contributed by atoms with Crippen LogP contribution in [-0.2, 0) is 9.53 Å². The molecule has 1 N–H and O–H groups in total. The maximum Gasteiger partial charge on any atom is 0.426 e. The van der Waals surface area contributed by atoms with Crippen molar-refractivity contribution in [3.05, 3.63) is 0 Å². The molecular formula is C16H24F6O3. The van der Waals surface area contributed by atoms with E-state index in [0.717, 1.165) is 0 Å². The first-order valence-electron chi connectivity index (χ1n) is 8.22. The van der Waals surface area contributed by atoms with Crippen molar-refractivity contribution in [2.24, 2.45) is 11.3 Å². The summed E-state index contributed by atoms with van der Waals surface area (Å²) < 4.78 is 82.9. The van der Waals surface area contributed by atoms with E-state index < -0.39 is 47.8 Å². The summed E-state index contributed by atoms with van der Waals surface area (Å²) in [6, 6.07) is 0. The van der Waals surface area contributed by atoms with Gasteiger partial charge in [-0.05, 0) is 39.0 Å². The van der Waals surface area contributed by atoms with E-state index in [1.165, 1.54) is 13.8 Å². The van der Waals surface area contributed by atoms with E-state index in [9.17, 15) is 36.2 Å². The minimum Gasteiger partial charge on any atom is -0.462 e. The lowest BCUT2D eigenvalue weighted by molar-refractivity contribution is -0.375. The van der Waals surface area contributed by atoms with Crippen LogP contribution in [0.2, 0.25) is 0 Å². The van der Waals surface area contributed by atoms with Crippen LogP contribution in [0.1, 0.15) is 59.3 Å². The van der Waals surface area contributed by atoms with Crippen molar-refractivity contribution in [2.45, 2.75) is 83.4 Å². The van der Waals surface area contributed by atoms with Crippen LogP contribution in [0.3, 0.4) is 0 Å². The smallest absolute Gasteiger partial charge is 0.426 e. The predicted molar refractivity (Wildman–Crippen MR) is 77.6 cm³/mol. The van der Waals surface area contributed by atoms with Crippen LogP contribution in [0.5, 0.6) is 0 Å². The van der Waals surface area contributed by atoms with E-state index in [1.54, 1.807) is 6.92 Å². The van der Waals surface area contributed by atoms with Gasteiger partial charge in [-0.25, -0.2) is 0 Å². The lowest BCUT2D eigenvalue weighted by atomic mass is 9.86. The van der Waals surface area contributed by atoms with Crippen molar-refractivity contribution in [1.82, 2.24) is 0 Å². The molecule has 148 valence electrons. The normalized spacial score (nSPS) is 19.1. The first-order chi connectivity index (χ1) is 11.2. The molecule has 1 aliphatic rings. The number of rotatable bonds is 6. The van der Waals surface area contributed by atoms with Gasteiger partial charge in [-0.1, -0.05) is 19.8 Å². The SMILES string of the molecule is CCC(C)(C)C(=O)OC(CC(O)(C(F)(F)F)C(F)(F)F)C1CCCC1. The molecule has 1 unspecified atom stereocenters. The average molecular weight is 378 g/mol. The van der Waals surface area contributed by atoms with E-state index in [2.05, 4.69) is 0 Å². The van der Waals surface area contributed by atoms with Crippen molar-refractivity contribution in [2.75, 3.05) is 0 Å². The van der Waals surface area contributed by atoms with Crippen molar-refractivity contribution in [3.8, 4) is 0 Å². The highest BCUT2D eigenvalue weighted by molar-refractivity contribution is 5.76. The Kier molecular flexibility index (Phi) is 6.46. The highest BCUT2D eigenvalue weighted by atomic mass is 19.4. The van der Waals surface area contributed by atoms with Crippen LogP contribution < -0.4 is 0 Å². The topological polar surface area (TPSA) is 46.5 Å². The molecule has 0 saturated heterocycles. The fraction of sp³-hybridized carbons (Fsp3) is 0.938. The van der Waals surface area contributed by atoms with Gasteiger partial charge in [0.2, 0.25) is 0 Å². The summed E-state index contributed by atoms with van der Waals surface area (Å²) in [5.74, 6) is -1.49. The molecule has 1 rings (SSSR count). The average Bonchev–Trinajstić information content (AvgIpc) is 2.97. The van der Waals surface area contributed by atoms with Crippen molar-refractivity contribution in [1.29, 1.82) is 0 Å². The lowest BCUT2D eigenvalue weighted by Crippen LogP contribution is -2.59. The number of carbonyl (C=O) groups excluding carboxylic acids is 1. The molecule has 0 heterocycles. The number of carbonyl (C=O) groups is 1. The third-order valence-electron chi connectivity index (χ3n) is 5.06. The molecule has 1 fully saturated rings. The fourth-order valence-electron chi connectivity index (χ4n) is 2.76. The first-order valence-corrected chi connectivity index (χ1v) is 8.22. The van der Waals surface area contributed by atoms with Crippen LogP contribution in [0.4, 0.5) is 26.3 Å². The van der Waals surface area contributed by atoms with Crippen molar-refractivity contribution < 1.29 is 41.0 Å². The molecule has 0 spiro atoms. The van der Waals surface area contributed by atoms with E-state index >= 15 is 0 Å². The van der Waals surface area contributed by atoms with Crippen LogP contribution >= 0.6 is 0 Å². The van der Waals surface area contributed by atoms with Gasteiger partial charge in [0.1, 0.15) is 6.10 Å². The monoisotopic (exact) mass is 378 g/mol. The Balaban J connectivity index is 3.13. The fourth-order valence-corrected chi connectivity index (χ4v) is 2.76. The summed E-state index contributed by atoms with van der Waals surface area (Å²) in [5.41, 5.74) is -5.95. The minimum atomic E-state index is -5.92. The molecule has 9 heteroatoms. The molecule has 0 aromatic carbocycles. The Morgan fingerprint density at radius 1 is 1.08 bits per heavy atom. The Morgan fingerprint density at radius 2 is 1.52 bits per heavy atom. The van der Waals surface area contributed by atoms with Gasteiger partial charge in [0.15, 0.2) is 0 Å². The van der Waals surface area contributed by atoms with Gasteiger partial charge in [-0.2, -0.15) is 26.3 Å².